The van der Waals surface area contributed by atoms with Gasteiger partial charge in [-0.15, -0.1) is 11.3 Å². The Hall–Kier alpha value is -3.78. The maximum Gasteiger partial charge on any atom is 0.265 e. The summed E-state index contributed by atoms with van der Waals surface area (Å²) in [4.78, 5) is 47.1. The van der Waals surface area contributed by atoms with Crippen molar-refractivity contribution in [3.05, 3.63) is 75.1 Å². The number of amides is 1. The minimum Gasteiger partial charge on any atom is -0.482 e. The lowest BCUT2D eigenvalue weighted by molar-refractivity contribution is -0.121. The van der Waals surface area contributed by atoms with Gasteiger partial charge in [0.2, 0.25) is 0 Å². The molecular formula is C27H25N3O4S. The molecule has 35 heavy (non-hydrogen) atoms. The molecule has 0 radical (unpaired) electrons. The first-order valence-corrected chi connectivity index (χ1v) is 12.3. The van der Waals surface area contributed by atoms with Gasteiger partial charge >= 0.3 is 0 Å². The predicted molar refractivity (Wildman–Crippen MR) is 138 cm³/mol. The average Bonchev–Trinajstić information content (AvgIpc) is 3.20. The van der Waals surface area contributed by atoms with Gasteiger partial charge in [0.05, 0.1) is 23.4 Å². The summed E-state index contributed by atoms with van der Waals surface area (Å²) in [5, 5.41) is 0.528. The first kappa shape index (κ1) is 23.0. The summed E-state index contributed by atoms with van der Waals surface area (Å²) in [6.45, 7) is 8.03. The standard InChI is InChI=1S/C27H25N3O4S/c1-5-29-20-12-19(10-11-21(20)34-13-22(29)31)25(32)16(3)30-14-28-26-24(27(30)33)23(17(4)35-26)18-8-6-15(2)7-9-18/h6-12,14,16H,5,13H2,1-4H3. The summed E-state index contributed by atoms with van der Waals surface area (Å²) in [6.07, 6.45) is 1.45. The van der Waals surface area contributed by atoms with E-state index < -0.39 is 6.04 Å². The number of fused-ring (bicyclic) bond motifs is 2. The van der Waals surface area contributed by atoms with E-state index in [1.54, 1.807) is 30.0 Å². The molecule has 1 aliphatic heterocycles. The molecule has 0 saturated heterocycles. The molecule has 0 saturated carbocycles. The molecule has 3 heterocycles. The van der Waals surface area contributed by atoms with Crippen molar-refractivity contribution in [3.8, 4) is 16.9 Å². The fraction of sp³-hybridized carbons (Fsp3) is 0.259. The number of rotatable bonds is 5. The number of anilines is 1. The van der Waals surface area contributed by atoms with Crippen LogP contribution in [0.1, 0.15) is 40.7 Å². The van der Waals surface area contributed by atoms with Crippen LogP contribution in [0, 0.1) is 13.8 Å². The molecule has 1 atom stereocenters. The van der Waals surface area contributed by atoms with Gasteiger partial charge in [-0.1, -0.05) is 29.8 Å². The van der Waals surface area contributed by atoms with Gasteiger partial charge in [-0.25, -0.2) is 4.98 Å². The lowest BCUT2D eigenvalue weighted by atomic mass is 10.0. The van der Waals surface area contributed by atoms with Gasteiger partial charge in [0, 0.05) is 22.5 Å². The number of benzene rings is 2. The van der Waals surface area contributed by atoms with Crippen LogP contribution in [-0.2, 0) is 4.79 Å². The van der Waals surface area contributed by atoms with E-state index in [0.29, 0.717) is 33.8 Å². The summed E-state index contributed by atoms with van der Waals surface area (Å²) in [5.41, 5.74) is 3.67. The molecule has 0 aliphatic carbocycles. The SMILES string of the molecule is CCN1C(=O)COc2ccc(C(=O)C(C)n3cnc4sc(C)c(-c5ccc(C)cc5)c4c3=O)cc21. The maximum absolute atomic E-state index is 13.7. The molecule has 0 spiro atoms. The summed E-state index contributed by atoms with van der Waals surface area (Å²) < 4.78 is 6.91. The lowest BCUT2D eigenvalue weighted by Crippen LogP contribution is -2.38. The van der Waals surface area contributed by atoms with Crippen molar-refractivity contribution in [2.75, 3.05) is 18.1 Å². The van der Waals surface area contributed by atoms with Gasteiger partial charge in [-0.05, 0) is 51.5 Å². The lowest BCUT2D eigenvalue weighted by Gasteiger charge is -2.28. The third-order valence-electron chi connectivity index (χ3n) is 6.45. The number of ether oxygens (including phenoxy) is 1. The van der Waals surface area contributed by atoms with E-state index in [4.69, 9.17) is 4.74 Å². The fourth-order valence-corrected chi connectivity index (χ4v) is 5.53. The number of hydrogen-bond acceptors (Lipinski definition) is 6. The second-order valence-electron chi connectivity index (χ2n) is 8.69. The second kappa shape index (κ2) is 8.78. The highest BCUT2D eigenvalue weighted by molar-refractivity contribution is 7.19. The zero-order chi connectivity index (χ0) is 24.9. The van der Waals surface area contributed by atoms with Crippen LogP contribution in [0.15, 0.2) is 53.6 Å². The molecule has 5 rings (SSSR count). The van der Waals surface area contributed by atoms with Crippen molar-refractivity contribution >= 4 is 38.9 Å². The number of hydrogen-bond donors (Lipinski definition) is 0. The second-order valence-corrected chi connectivity index (χ2v) is 9.89. The first-order valence-electron chi connectivity index (χ1n) is 11.5. The molecule has 4 aromatic rings. The van der Waals surface area contributed by atoms with Gasteiger partial charge in [0.1, 0.15) is 10.6 Å². The Morgan fingerprint density at radius 1 is 1.14 bits per heavy atom. The normalized spacial score (nSPS) is 14.1. The molecule has 2 aromatic carbocycles. The summed E-state index contributed by atoms with van der Waals surface area (Å²) in [5.74, 6) is 0.168. The van der Waals surface area contributed by atoms with Crippen LogP contribution < -0.4 is 15.2 Å². The van der Waals surface area contributed by atoms with E-state index in [1.165, 1.54) is 22.2 Å². The van der Waals surface area contributed by atoms with Crippen molar-refractivity contribution < 1.29 is 14.3 Å². The van der Waals surface area contributed by atoms with Crippen LogP contribution in [0.3, 0.4) is 0 Å². The van der Waals surface area contributed by atoms with Crippen LogP contribution >= 0.6 is 11.3 Å². The molecule has 7 nitrogen and oxygen atoms in total. The Balaban J connectivity index is 1.57. The Morgan fingerprint density at radius 2 is 1.89 bits per heavy atom. The molecule has 0 N–H and O–H groups in total. The highest BCUT2D eigenvalue weighted by Gasteiger charge is 2.27. The third kappa shape index (κ3) is 3.83. The predicted octanol–water partition coefficient (Wildman–Crippen LogP) is 4.93. The quantitative estimate of drug-likeness (QED) is 0.373. The van der Waals surface area contributed by atoms with Crippen molar-refractivity contribution in [2.24, 2.45) is 0 Å². The van der Waals surface area contributed by atoms with Gasteiger partial charge in [0.15, 0.2) is 12.4 Å². The van der Waals surface area contributed by atoms with Crippen LogP contribution in [0.2, 0.25) is 0 Å². The Bertz CT molecular complexity index is 1530. The van der Waals surface area contributed by atoms with Crippen molar-refractivity contribution in [1.82, 2.24) is 9.55 Å². The van der Waals surface area contributed by atoms with Gasteiger partial charge in [-0.2, -0.15) is 0 Å². The molecule has 0 bridgehead atoms. The largest absolute Gasteiger partial charge is 0.482 e. The number of carbonyl (C=O) groups is 2. The monoisotopic (exact) mass is 487 g/mol. The molecule has 2 aromatic heterocycles. The average molecular weight is 488 g/mol. The number of ketones is 1. The highest BCUT2D eigenvalue weighted by atomic mass is 32.1. The summed E-state index contributed by atoms with van der Waals surface area (Å²) in [7, 11) is 0. The minimum absolute atomic E-state index is 0.0189. The van der Waals surface area contributed by atoms with Crippen LogP contribution in [0.5, 0.6) is 5.75 Å². The number of nitrogens with zero attached hydrogens (tertiary/aromatic N) is 3. The number of thiophene rings is 1. The number of aromatic nitrogens is 2. The van der Waals surface area contributed by atoms with E-state index in [1.807, 2.05) is 45.0 Å². The molecule has 1 amide bonds. The van der Waals surface area contributed by atoms with Gasteiger partial charge < -0.3 is 9.64 Å². The van der Waals surface area contributed by atoms with Gasteiger partial charge in [0.25, 0.3) is 11.5 Å². The Kier molecular flexibility index (Phi) is 5.76. The Morgan fingerprint density at radius 3 is 2.60 bits per heavy atom. The van der Waals surface area contributed by atoms with Crippen molar-refractivity contribution in [2.45, 2.75) is 33.7 Å². The van der Waals surface area contributed by atoms with Crippen LogP contribution in [0.4, 0.5) is 5.69 Å². The summed E-state index contributed by atoms with van der Waals surface area (Å²) >= 11 is 1.47. The number of carbonyl (C=O) groups excluding carboxylic acids is 2. The zero-order valence-electron chi connectivity index (χ0n) is 20.0. The molecule has 0 fully saturated rings. The van der Waals surface area contributed by atoms with Crippen molar-refractivity contribution in [3.63, 3.8) is 0 Å². The van der Waals surface area contributed by atoms with E-state index in [9.17, 15) is 14.4 Å². The van der Waals surface area contributed by atoms with Gasteiger partial charge in [-0.3, -0.25) is 19.0 Å². The molecule has 178 valence electrons. The fourth-order valence-electron chi connectivity index (χ4n) is 4.53. The zero-order valence-corrected chi connectivity index (χ0v) is 20.8. The number of Topliss-reactive ketones (excluding diaryl/α,β-unsaturated/α-hetero) is 1. The van der Waals surface area contributed by atoms with Crippen LogP contribution in [-0.4, -0.2) is 34.4 Å². The highest BCUT2D eigenvalue weighted by Crippen LogP contribution is 2.36. The topological polar surface area (TPSA) is 81.5 Å². The van der Waals surface area contributed by atoms with E-state index in [-0.39, 0.29) is 23.9 Å². The Labute approximate surface area is 206 Å². The maximum atomic E-state index is 13.7. The van der Waals surface area contributed by atoms with E-state index in [0.717, 1.165) is 21.6 Å². The molecule has 1 unspecified atom stereocenters. The van der Waals surface area contributed by atoms with Crippen molar-refractivity contribution in [1.29, 1.82) is 0 Å². The smallest absolute Gasteiger partial charge is 0.265 e. The first-order chi connectivity index (χ1) is 16.8. The van der Waals surface area contributed by atoms with E-state index >= 15 is 0 Å². The van der Waals surface area contributed by atoms with E-state index in [2.05, 4.69) is 4.98 Å². The number of aryl methyl sites for hydroxylation is 2. The molecule has 1 aliphatic rings. The van der Waals surface area contributed by atoms with Crippen LogP contribution in [0.25, 0.3) is 21.3 Å². The third-order valence-corrected chi connectivity index (χ3v) is 7.47. The molecular weight excluding hydrogens is 462 g/mol. The number of likely N-dealkylation sites (N-methyl/N-ethyl adjacent to an activating group) is 1. The minimum atomic E-state index is -0.779. The molecule has 8 heteroatoms. The summed E-state index contributed by atoms with van der Waals surface area (Å²) in [6, 6.07) is 12.3.